The molecule has 0 aliphatic heterocycles. The molecule has 1 aromatic carbocycles. The predicted octanol–water partition coefficient (Wildman–Crippen LogP) is 1.88. The number of benzene rings is 1. The molecule has 0 aliphatic carbocycles. The first kappa shape index (κ1) is 13.6. The molecule has 1 rings (SSSR count). The third-order valence-electron chi connectivity index (χ3n) is 2.20. The van der Waals surface area contributed by atoms with Crippen molar-refractivity contribution in [1.29, 1.82) is 5.41 Å². The highest BCUT2D eigenvalue weighted by molar-refractivity contribution is 5.97. The van der Waals surface area contributed by atoms with Gasteiger partial charge in [0, 0.05) is 18.6 Å². The lowest BCUT2D eigenvalue weighted by molar-refractivity contribution is -0.384. The Hall–Kier alpha value is -2.46. The highest BCUT2D eigenvalue weighted by atomic mass is 16.6. The summed E-state index contributed by atoms with van der Waals surface area (Å²) < 4.78 is 4.76. The van der Waals surface area contributed by atoms with Gasteiger partial charge in [0.1, 0.15) is 5.57 Å². The number of rotatable bonds is 5. The maximum Gasteiger partial charge on any atom is 0.343 e. The van der Waals surface area contributed by atoms with Crippen LogP contribution in [0.15, 0.2) is 29.8 Å². The van der Waals surface area contributed by atoms with Crippen molar-refractivity contribution in [3.63, 3.8) is 0 Å². The summed E-state index contributed by atoms with van der Waals surface area (Å²) in [5.74, 6) is 1.44. The molecule has 18 heavy (non-hydrogen) atoms. The number of hydrogen-bond acceptors (Lipinski definition) is 5. The number of nitro groups is 1. The summed E-state index contributed by atoms with van der Waals surface area (Å²) in [5, 5.41) is 17.5. The van der Waals surface area contributed by atoms with E-state index in [9.17, 15) is 14.9 Å². The van der Waals surface area contributed by atoms with Crippen molar-refractivity contribution < 1.29 is 14.5 Å². The average molecular weight is 248 g/mol. The van der Waals surface area contributed by atoms with Crippen LogP contribution in [-0.4, -0.2) is 23.4 Å². The van der Waals surface area contributed by atoms with Crippen molar-refractivity contribution in [1.82, 2.24) is 0 Å². The van der Waals surface area contributed by atoms with Gasteiger partial charge in [-0.2, -0.15) is 0 Å². The van der Waals surface area contributed by atoms with E-state index in [-0.39, 0.29) is 24.3 Å². The van der Waals surface area contributed by atoms with Crippen molar-refractivity contribution in [2.45, 2.75) is 13.3 Å². The van der Waals surface area contributed by atoms with Crippen LogP contribution in [0, 0.1) is 15.5 Å². The van der Waals surface area contributed by atoms with Crippen molar-refractivity contribution in [3.8, 4) is 0 Å². The Kier molecular flexibility index (Phi) is 4.78. The zero-order chi connectivity index (χ0) is 13.5. The zero-order valence-corrected chi connectivity index (χ0v) is 9.80. The fourth-order valence-corrected chi connectivity index (χ4v) is 1.33. The average Bonchev–Trinajstić information content (AvgIpc) is 2.36. The van der Waals surface area contributed by atoms with Crippen LogP contribution in [0.3, 0.4) is 0 Å². The Labute approximate surface area is 104 Å². The molecule has 6 nitrogen and oxygen atoms in total. The lowest BCUT2D eigenvalue weighted by Crippen LogP contribution is -2.10. The third kappa shape index (κ3) is 3.54. The molecule has 0 heterocycles. The second-order valence-electron chi connectivity index (χ2n) is 3.42. The molecule has 0 amide bonds. The Morgan fingerprint density at radius 1 is 1.44 bits per heavy atom. The number of carbonyl (C=O) groups excluding carboxylic acids is 1. The van der Waals surface area contributed by atoms with Crippen molar-refractivity contribution in [2.75, 3.05) is 6.61 Å². The molecular weight excluding hydrogens is 236 g/mol. The standard InChI is InChI=1S/C12H12N2O4/c1-2-18-12(15)10(8-13)7-9-3-5-11(6-4-9)14(16)17/h3-6,13H,2,7H2,1H3. The van der Waals surface area contributed by atoms with Crippen molar-refractivity contribution >= 4 is 17.5 Å². The number of nitrogens with one attached hydrogen (secondary N) is 1. The molecule has 0 saturated carbocycles. The van der Waals surface area contributed by atoms with E-state index in [1.807, 2.05) is 5.87 Å². The summed E-state index contributed by atoms with van der Waals surface area (Å²) in [6.07, 6.45) is 0.167. The van der Waals surface area contributed by atoms with Crippen LogP contribution in [0.2, 0.25) is 0 Å². The number of esters is 1. The molecular formula is C12H12N2O4. The van der Waals surface area contributed by atoms with Gasteiger partial charge in [-0.05, 0) is 18.4 Å². The molecule has 1 aromatic rings. The normalized spacial score (nSPS) is 9.39. The van der Waals surface area contributed by atoms with Crippen LogP contribution in [0.1, 0.15) is 12.5 Å². The Balaban J connectivity index is 2.80. The molecule has 0 unspecified atom stereocenters. The van der Waals surface area contributed by atoms with Gasteiger partial charge in [-0.25, -0.2) is 4.79 Å². The first-order valence-electron chi connectivity index (χ1n) is 5.27. The van der Waals surface area contributed by atoms with E-state index in [0.717, 1.165) is 0 Å². The highest BCUT2D eigenvalue weighted by Gasteiger charge is 2.12. The van der Waals surface area contributed by atoms with E-state index < -0.39 is 10.9 Å². The maximum atomic E-state index is 11.4. The van der Waals surface area contributed by atoms with Gasteiger partial charge in [0.05, 0.1) is 11.5 Å². The summed E-state index contributed by atoms with van der Waals surface area (Å²) in [7, 11) is 0. The minimum atomic E-state index is -0.592. The van der Waals surface area contributed by atoms with E-state index in [2.05, 4.69) is 0 Å². The summed E-state index contributed by atoms with van der Waals surface area (Å²) in [6.45, 7) is 1.90. The molecule has 0 aromatic heterocycles. The SMILES string of the molecule is CCOC(=O)C(=C=N)Cc1ccc([N+](=O)[O-])cc1. The van der Waals surface area contributed by atoms with Gasteiger partial charge in [-0.1, -0.05) is 12.1 Å². The van der Waals surface area contributed by atoms with E-state index in [4.69, 9.17) is 10.1 Å². The quantitative estimate of drug-likeness (QED) is 0.283. The molecule has 6 heteroatoms. The monoisotopic (exact) mass is 248 g/mol. The predicted molar refractivity (Wildman–Crippen MR) is 64.7 cm³/mol. The Bertz CT molecular complexity index is 501. The Morgan fingerprint density at radius 2 is 2.06 bits per heavy atom. The van der Waals surface area contributed by atoms with Crippen LogP contribution in [0.5, 0.6) is 0 Å². The maximum absolute atomic E-state index is 11.4. The topological polar surface area (TPSA) is 93.3 Å². The fraction of sp³-hybridized carbons (Fsp3) is 0.250. The molecule has 0 spiro atoms. The molecule has 0 bridgehead atoms. The van der Waals surface area contributed by atoms with Gasteiger partial charge in [-0.3, -0.25) is 15.5 Å². The van der Waals surface area contributed by atoms with E-state index in [1.165, 1.54) is 24.3 Å². The lowest BCUT2D eigenvalue weighted by atomic mass is 10.1. The zero-order valence-electron chi connectivity index (χ0n) is 9.80. The minimum Gasteiger partial charge on any atom is -0.462 e. The number of carbonyl (C=O) groups is 1. The lowest BCUT2D eigenvalue weighted by Gasteiger charge is -2.04. The van der Waals surface area contributed by atoms with Crippen LogP contribution < -0.4 is 0 Å². The summed E-state index contributed by atoms with van der Waals surface area (Å²) in [4.78, 5) is 21.4. The first-order valence-corrected chi connectivity index (χ1v) is 5.27. The van der Waals surface area contributed by atoms with Crippen LogP contribution in [0.25, 0.3) is 0 Å². The second kappa shape index (κ2) is 6.32. The van der Waals surface area contributed by atoms with Crippen molar-refractivity contribution in [3.05, 3.63) is 45.5 Å². The summed E-state index contributed by atoms with van der Waals surface area (Å²) in [5.41, 5.74) is 0.754. The van der Waals surface area contributed by atoms with Crippen LogP contribution in [-0.2, 0) is 16.0 Å². The number of non-ortho nitro benzene ring substituents is 1. The summed E-state index contributed by atoms with van der Waals surface area (Å²) in [6, 6.07) is 5.77. The van der Waals surface area contributed by atoms with Crippen molar-refractivity contribution in [2.24, 2.45) is 0 Å². The minimum absolute atomic E-state index is 0.0183. The molecule has 0 fully saturated rings. The number of hydrogen-bond donors (Lipinski definition) is 1. The van der Waals surface area contributed by atoms with Gasteiger partial charge >= 0.3 is 5.97 Å². The molecule has 0 saturated heterocycles. The summed E-state index contributed by atoms with van der Waals surface area (Å²) >= 11 is 0. The van der Waals surface area contributed by atoms with Crippen LogP contribution >= 0.6 is 0 Å². The van der Waals surface area contributed by atoms with Gasteiger partial charge in [0.15, 0.2) is 0 Å². The van der Waals surface area contributed by atoms with Gasteiger partial charge < -0.3 is 4.74 Å². The highest BCUT2D eigenvalue weighted by Crippen LogP contribution is 2.14. The molecule has 0 atom stereocenters. The molecule has 0 radical (unpaired) electrons. The second-order valence-corrected chi connectivity index (χ2v) is 3.42. The van der Waals surface area contributed by atoms with E-state index in [0.29, 0.717) is 5.56 Å². The Morgan fingerprint density at radius 3 is 2.50 bits per heavy atom. The molecule has 94 valence electrons. The third-order valence-corrected chi connectivity index (χ3v) is 2.20. The fourth-order valence-electron chi connectivity index (χ4n) is 1.33. The number of nitro benzene ring substituents is 1. The molecule has 0 aliphatic rings. The largest absolute Gasteiger partial charge is 0.462 e. The van der Waals surface area contributed by atoms with E-state index >= 15 is 0 Å². The van der Waals surface area contributed by atoms with Gasteiger partial charge in [0.2, 0.25) is 0 Å². The van der Waals surface area contributed by atoms with Gasteiger partial charge in [-0.15, -0.1) is 0 Å². The number of nitrogens with zero attached hydrogens (tertiary/aromatic N) is 1. The molecule has 1 N–H and O–H groups in total. The first-order chi connectivity index (χ1) is 8.58. The smallest absolute Gasteiger partial charge is 0.343 e. The van der Waals surface area contributed by atoms with E-state index in [1.54, 1.807) is 6.92 Å². The van der Waals surface area contributed by atoms with Crippen LogP contribution in [0.4, 0.5) is 5.69 Å². The number of ether oxygens (including phenoxy) is 1. The van der Waals surface area contributed by atoms with Gasteiger partial charge in [0.25, 0.3) is 5.69 Å².